The van der Waals surface area contributed by atoms with Crippen molar-refractivity contribution in [3.8, 4) is 0 Å². The number of benzene rings is 1. The van der Waals surface area contributed by atoms with E-state index in [0.29, 0.717) is 0 Å². The second-order valence-electron chi connectivity index (χ2n) is 3.41. The number of halogens is 3. The molecular weight excluding hydrogens is 274 g/mol. The molecule has 2 atom stereocenters. The summed E-state index contributed by atoms with van der Waals surface area (Å²) in [6.07, 6.45) is -3.76. The van der Waals surface area contributed by atoms with E-state index < -0.39 is 30.4 Å². The fraction of sp³-hybridized carbons (Fsp3) is 0.300. The molecule has 0 saturated carbocycles. The van der Waals surface area contributed by atoms with Crippen LogP contribution in [0, 0.1) is 5.82 Å². The molecule has 4 nitrogen and oxygen atoms in total. The van der Waals surface area contributed by atoms with E-state index in [4.69, 9.17) is 28.3 Å². The number of carboxylic acid groups (broad SMARTS) is 1. The van der Waals surface area contributed by atoms with Crippen molar-refractivity contribution in [2.75, 3.05) is 0 Å². The number of aliphatic hydroxyl groups excluding tert-OH is 2. The summed E-state index contributed by atoms with van der Waals surface area (Å²) in [6, 6.07) is 2.06. The second kappa shape index (κ2) is 5.64. The van der Waals surface area contributed by atoms with Gasteiger partial charge in [-0.05, 0) is 17.7 Å². The Morgan fingerprint density at radius 1 is 1.35 bits per heavy atom. The molecule has 0 aromatic heterocycles. The number of rotatable bonds is 4. The van der Waals surface area contributed by atoms with Gasteiger partial charge in [-0.2, -0.15) is 0 Å². The van der Waals surface area contributed by atoms with Crippen LogP contribution in [0.5, 0.6) is 0 Å². The first-order valence-electron chi connectivity index (χ1n) is 4.55. The van der Waals surface area contributed by atoms with Crippen LogP contribution in [0.1, 0.15) is 18.1 Å². The Morgan fingerprint density at radius 2 is 1.94 bits per heavy atom. The highest BCUT2D eigenvalue weighted by Gasteiger charge is 2.23. The van der Waals surface area contributed by atoms with Crippen molar-refractivity contribution >= 4 is 29.2 Å². The molecule has 1 rings (SSSR count). The second-order valence-corrected chi connectivity index (χ2v) is 4.19. The van der Waals surface area contributed by atoms with Gasteiger partial charge in [-0.25, -0.2) is 4.39 Å². The maximum atomic E-state index is 13.2. The molecule has 0 aliphatic rings. The molecule has 0 saturated heterocycles. The summed E-state index contributed by atoms with van der Waals surface area (Å²) in [7, 11) is 0. The summed E-state index contributed by atoms with van der Waals surface area (Å²) in [4.78, 5) is 10.3. The van der Waals surface area contributed by atoms with Crippen LogP contribution >= 0.6 is 23.2 Å². The molecule has 0 spiro atoms. The Balaban J connectivity index is 2.96. The van der Waals surface area contributed by atoms with Gasteiger partial charge in [0.15, 0.2) is 0 Å². The van der Waals surface area contributed by atoms with Gasteiger partial charge in [-0.3, -0.25) is 4.79 Å². The van der Waals surface area contributed by atoms with Gasteiger partial charge in [-0.15, -0.1) is 0 Å². The molecule has 7 heteroatoms. The van der Waals surface area contributed by atoms with E-state index >= 15 is 0 Å². The van der Waals surface area contributed by atoms with Gasteiger partial charge < -0.3 is 15.3 Å². The van der Waals surface area contributed by atoms with E-state index in [1.807, 2.05) is 0 Å². The highest BCUT2D eigenvalue weighted by atomic mass is 35.5. The number of hydrogen-bond donors (Lipinski definition) is 3. The molecule has 0 aliphatic heterocycles. The van der Waals surface area contributed by atoms with Crippen LogP contribution in [0.25, 0.3) is 0 Å². The number of aliphatic hydroxyl groups is 2. The monoisotopic (exact) mass is 282 g/mol. The Labute approximate surface area is 106 Å². The van der Waals surface area contributed by atoms with Crippen LogP contribution in [0.15, 0.2) is 12.1 Å². The molecule has 1 aromatic rings. The topological polar surface area (TPSA) is 77.8 Å². The number of carbonyl (C=O) groups is 1. The molecule has 3 N–H and O–H groups in total. The van der Waals surface area contributed by atoms with Gasteiger partial charge in [-0.1, -0.05) is 23.2 Å². The van der Waals surface area contributed by atoms with Crippen LogP contribution in [-0.4, -0.2) is 27.4 Å². The van der Waals surface area contributed by atoms with Crippen LogP contribution < -0.4 is 0 Å². The summed E-state index contributed by atoms with van der Waals surface area (Å²) in [5, 5.41) is 27.0. The minimum atomic E-state index is -1.55. The Morgan fingerprint density at radius 3 is 2.41 bits per heavy atom. The van der Waals surface area contributed by atoms with E-state index in [9.17, 15) is 19.4 Å². The van der Waals surface area contributed by atoms with Crippen LogP contribution in [-0.2, 0) is 4.79 Å². The fourth-order valence-corrected chi connectivity index (χ4v) is 1.58. The van der Waals surface area contributed by atoms with E-state index in [2.05, 4.69) is 0 Å². The quantitative estimate of drug-likeness (QED) is 0.738. The lowest BCUT2D eigenvalue weighted by molar-refractivity contribution is -0.141. The van der Waals surface area contributed by atoms with Gasteiger partial charge in [0, 0.05) is 0 Å². The van der Waals surface area contributed by atoms with Crippen LogP contribution in [0.3, 0.4) is 0 Å². The highest BCUT2D eigenvalue weighted by Crippen LogP contribution is 2.30. The van der Waals surface area contributed by atoms with Gasteiger partial charge in [0.2, 0.25) is 0 Å². The molecule has 0 bridgehead atoms. The van der Waals surface area contributed by atoms with Gasteiger partial charge in [0.25, 0.3) is 0 Å². The maximum Gasteiger partial charge on any atom is 0.306 e. The molecular formula is C10H9Cl2FO4. The molecule has 2 unspecified atom stereocenters. The zero-order chi connectivity index (χ0) is 13.2. The predicted octanol–water partition coefficient (Wildman–Crippen LogP) is 2.00. The van der Waals surface area contributed by atoms with Crippen molar-refractivity contribution in [3.05, 3.63) is 33.6 Å². The maximum absolute atomic E-state index is 13.2. The third-order valence-corrected chi connectivity index (χ3v) is 2.87. The van der Waals surface area contributed by atoms with Crippen molar-refractivity contribution in [1.82, 2.24) is 0 Å². The normalized spacial score (nSPS) is 14.4. The zero-order valence-electron chi connectivity index (χ0n) is 8.40. The smallest absolute Gasteiger partial charge is 0.306 e. The largest absolute Gasteiger partial charge is 0.481 e. The predicted molar refractivity (Wildman–Crippen MR) is 59.6 cm³/mol. The Bertz CT molecular complexity index is 415. The molecule has 0 heterocycles. The van der Waals surface area contributed by atoms with Crippen molar-refractivity contribution < 1.29 is 24.5 Å². The fourth-order valence-electron chi connectivity index (χ4n) is 1.26. The first kappa shape index (κ1) is 14.2. The third-order valence-electron chi connectivity index (χ3n) is 2.10. The molecule has 0 aliphatic carbocycles. The lowest BCUT2D eigenvalue weighted by Gasteiger charge is -2.17. The zero-order valence-corrected chi connectivity index (χ0v) is 9.91. The summed E-state index contributed by atoms with van der Waals surface area (Å²) in [6.45, 7) is 0. The highest BCUT2D eigenvalue weighted by molar-refractivity contribution is 6.42. The minimum absolute atomic E-state index is 0.0364. The summed E-state index contributed by atoms with van der Waals surface area (Å²) in [5.41, 5.74) is -0.0364. The SMILES string of the molecule is O=C(O)CC(O)C(O)c1cc(F)c(Cl)c(Cl)c1. The first-order valence-corrected chi connectivity index (χ1v) is 5.31. The molecule has 17 heavy (non-hydrogen) atoms. The average Bonchev–Trinajstić information content (AvgIpc) is 2.23. The Kier molecular flexibility index (Phi) is 4.70. The molecule has 0 amide bonds. The standard InChI is InChI=1S/C10H9Cl2FO4/c11-5-1-4(2-6(13)9(5)12)10(17)7(14)3-8(15)16/h1-2,7,10,14,17H,3H2,(H,15,16). The van der Waals surface area contributed by atoms with Gasteiger partial charge in [0.05, 0.1) is 22.6 Å². The van der Waals surface area contributed by atoms with E-state index in [-0.39, 0.29) is 15.6 Å². The molecule has 0 radical (unpaired) electrons. The molecule has 94 valence electrons. The average molecular weight is 283 g/mol. The molecule has 1 aromatic carbocycles. The summed E-state index contributed by atoms with van der Waals surface area (Å²) < 4.78 is 13.2. The van der Waals surface area contributed by atoms with Crippen molar-refractivity contribution in [2.24, 2.45) is 0 Å². The Hall–Kier alpha value is -0.880. The van der Waals surface area contributed by atoms with E-state index in [0.717, 1.165) is 6.07 Å². The molecule has 0 fully saturated rings. The minimum Gasteiger partial charge on any atom is -0.481 e. The van der Waals surface area contributed by atoms with E-state index in [1.165, 1.54) is 6.07 Å². The van der Waals surface area contributed by atoms with Crippen LogP contribution in [0.4, 0.5) is 4.39 Å². The lowest BCUT2D eigenvalue weighted by Crippen LogP contribution is -2.21. The summed E-state index contributed by atoms with van der Waals surface area (Å²) in [5.74, 6) is -2.13. The van der Waals surface area contributed by atoms with Crippen molar-refractivity contribution in [1.29, 1.82) is 0 Å². The number of carboxylic acids is 1. The van der Waals surface area contributed by atoms with E-state index in [1.54, 1.807) is 0 Å². The number of hydrogen-bond acceptors (Lipinski definition) is 3. The third kappa shape index (κ3) is 3.54. The van der Waals surface area contributed by atoms with Crippen molar-refractivity contribution in [2.45, 2.75) is 18.6 Å². The number of aliphatic carboxylic acids is 1. The van der Waals surface area contributed by atoms with Crippen LogP contribution in [0.2, 0.25) is 10.0 Å². The first-order chi connectivity index (χ1) is 7.82. The summed E-state index contributed by atoms with van der Waals surface area (Å²) >= 11 is 11.1. The van der Waals surface area contributed by atoms with Gasteiger partial charge in [0.1, 0.15) is 11.9 Å². The van der Waals surface area contributed by atoms with Gasteiger partial charge >= 0.3 is 5.97 Å². The lowest BCUT2D eigenvalue weighted by atomic mass is 10.0. The van der Waals surface area contributed by atoms with Crippen molar-refractivity contribution in [3.63, 3.8) is 0 Å².